The van der Waals surface area contributed by atoms with Crippen LogP contribution in [0, 0.1) is 0 Å². The molecule has 0 saturated carbocycles. The van der Waals surface area contributed by atoms with Crippen LogP contribution in [0.25, 0.3) is 10.2 Å². The third kappa shape index (κ3) is 1.71. The molecular weight excluding hydrogens is 250 g/mol. The first-order chi connectivity index (χ1) is 6.29. The van der Waals surface area contributed by atoms with Crippen LogP contribution >= 0.6 is 27.3 Å². The van der Waals surface area contributed by atoms with Crippen molar-refractivity contribution in [3.05, 3.63) is 27.7 Å². The molecule has 0 unspecified atom stereocenters. The monoisotopic (exact) mass is 255 g/mol. The zero-order chi connectivity index (χ0) is 9.26. The Kier molecular flexibility index (Phi) is 2.28. The van der Waals surface area contributed by atoms with E-state index in [1.807, 2.05) is 18.2 Å². The highest BCUT2D eigenvalue weighted by Gasteiger charge is 2.01. The molecule has 2 N–H and O–H groups in total. The smallest absolute Gasteiger partial charge is 0.137 e. The molecule has 1 aromatic heterocycles. The lowest BCUT2D eigenvalue weighted by Crippen LogP contribution is -1.83. The highest BCUT2D eigenvalue weighted by Crippen LogP contribution is 2.24. The normalized spacial score (nSPS) is 11.5. The van der Waals surface area contributed by atoms with Gasteiger partial charge in [0.05, 0.1) is 16.4 Å². The van der Waals surface area contributed by atoms with Gasteiger partial charge >= 0.3 is 0 Å². The Bertz CT molecular complexity index is 463. The molecule has 2 aromatic rings. The molecule has 0 amide bonds. The van der Waals surface area contributed by atoms with Crippen LogP contribution in [0.2, 0.25) is 0 Å². The van der Waals surface area contributed by atoms with Gasteiger partial charge in [0.1, 0.15) is 5.01 Å². The number of rotatable bonds is 1. The molecule has 1 aromatic carbocycles. The van der Waals surface area contributed by atoms with E-state index in [1.165, 1.54) is 0 Å². The van der Waals surface area contributed by atoms with E-state index in [0.29, 0.717) is 0 Å². The maximum Gasteiger partial charge on any atom is 0.137 e. The van der Waals surface area contributed by atoms with Gasteiger partial charge < -0.3 is 5.84 Å². The summed E-state index contributed by atoms with van der Waals surface area (Å²) in [5.74, 6) is 5.04. The van der Waals surface area contributed by atoms with E-state index >= 15 is 0 Å². The van der Waals surface area contributed by atoms with Crippen molar-refractivity contribution >= 4 is 43.7 Å². The van der Waals surface area contributed by atoms with E-state index in [4.69, 9.17) is 5.84 Å². The Morgan fingerprint density at radius 3 is 3.15 bits per heavy atom. The van der Waals surface area contributed by atoms with E-state index in [-0.39, 0.29) is 0 Å². The van der Waals surface area contributed by atoms with E-state index in [1.54, 1.807) is 17.6 Å². The summed E-state index contributed by atoms with van der Waals surface area (Å²) in [5, 5.41) is 4.26. The molecule has 0 aliphatic heterocycles. The summed E-state index contributed by atoms with van der Waals surface area (Å²) >= 11 is 4.96. The minimum Gasteiger partial charge on any atom is -0.323 e. The maximum atomic E-state index is 5.04. The second-order valence-electron chi connectivity index (χ2n) is 2.44. The summed E-state index contributed by atoms with van der Waals surface area (Å²) in [4.78, 5) is 4.32. The Labute approximate surface area is 87.4 Å². The molecule has 0 spiro atoms. The molecule has 5 heteroatoms. The third-order valence-electron chi connectivity index (χ3n) is 1.55. The Morgan fingerprint density at radius 2 is 2.38 bits per heavy atom. The van der Waals surface area contributed by atoms with Crippen molar-refractivity contribution in [2.75, 3.05) is 0 Å². The van der Waals surface area contributed by atoms with Crippen molar-refractivity contribution in [1.82, 2.24) is 4.98 Å². The van der Waals surface area contributed by atoms with Gasteiger partial charge in [-0.2, -0.15) is 5.10 Å². The van der Waals surface area contributed by atoms with E-state index in [0.717, 1.165) is 19.7 Å². The summed E-state index contributed by atoms with van der Waals surface area (Å²) in [6.07, 6.45) is 1.55. The van der Waals surface area contributed by atoms with Crippen LogP contribution in [-0.4, -0.2) is 11.2 Å². The average Bonchev–Trinajstić information content (AvgIpc) is 2.46. The Morgan fingerprint density at radius 1 is 1.54 bits per heavy atom. The van der Waals surface area contributed by atoms with Crippen molar-refractivity contribution in [3.63, 3.8) is 0 Å². The molecule has 66 valence electrons. The number of nitrogens with two attached hydrogens (primary N) is 1. The quantitative estimate of drug-likeness (QED) is 0.483. The van der Waals surface area contributed by atoms with Crippen LogP contribution in [-0.2, 0) is 0 Å². The molecule has 3 nitrogen and oxygen atoms in total. The molecule has 0 fully saturated rings. The Hall–Kier alpha value is -0.940. The number of nitrogens with zero attached hydrogens (tertiary/aromatic N) is 2. The van der Waals surface area contributed by atoms with Crippen molar-refractivity contribution in [1.29, 1.82) is 0 Å². The van der Waals surface area contributed by atoms with Gasteiger partial charge in [-0.3, -0.25) is 0 Å². The lowest BCUT2D eigenvalue weighted by Gasteiger charge is -1.86. The first kappa shape index (κ1) is 8.65. The fraction of sp³-hybridized carbons (Fsp3) is 0. The van der Waals surface area contributed by atoms with Crippen molar-refractivity contribution < 1.29 is 0 Å². The average molecular weight is 256 g/mol. The van der Waals surface area contributed by atoms with Gasteiger partial charge in [-0.15, -0.1) is 11.3 Å². The van der Waals surface area contributed by atoms with Crippen LogP contribution in [0.4, 0.5) is 0 Å². The van der Waals surface area contributed by atoms with Crippen LogP contribution in [0.3, 0.4) is 0 Å². The lowest BCUT2D eigenvalue weighted by atomic mass is 10.3. The fourth-order valence-electron chi connectivity index (χ4n) is 1.04. The second kappa shape index (κ2) is 3.43. The highest BCUT2D eigenvalue weighted by molar-refractivity contribution is 9.10. The molecule has 0 aliphatic rings. The maximum absolute atomic E-state index is 5.04. The molecule has 0 saturated heterocycles. The highest BCUT2D eigenvalue weighted by atomic mass is 79.9. The number of thiazole rings is 1. The molecule has 2 rings (SSSR count). The number of fused-ring (bicyclic) bond motifs is 1. The lowest BCUT2D eigenvalue weighted by molar-refractivity contribution is 1.26. The summed E-state index contributed by atoms with van der Waals surface area (Å²) in [6.45, 7) is 0. The van der Waals surface area contributed by atoms with E-state index < -0.39 is 0 Å². The SMILES string of the molecule is NN=Cc1nc2cc(Br)ccc2s1. The number of benzene rings is 1. The standard InChI is InChI=1S/C8H6BrN3S/c9-5-1-2-7-6(3-5)12-8(13-7)4-11-10/h1-4H,10H2. The number of hydrogen-bond acceptors (Lipinski definition) is 4. The largest absolute Gasteiger partial charge is 0.323 e. The van der Waals surface area contributed by atoms with Gasteiger partial charge in [-0.1, -0.05) is 15.9 Å². The van der Waals surface area contributed by atoms with Crippen LogP contribution in [0.5, 0.6) is 0 Å². The minimum atomic E-state index is 0.829. The summed E-state index contributed by atoms with van der Waals surface area (Å²) in [6, 6.07) is 5.98. The Balaban J connectivity index is 2.62. The zero-order valence-corrected chi connectivity index (χ0v) is 8.97. The van der Waals surface area contributed by atoms with E-state index in [9.17, 15) is 0 Å². The van der Waals surface area contributed by atoms with Crippen LogP contribution in [0.1, 0.15) is 5.01 Å². The van der Waals surface area contributed by atoms with Gasteiger partial charge in [0.25, 0.3) is 0 Å². The van der Waals surface area contributed by atoms with Crippen molar-refractivity contribution in [2.45, 2.75) is 0 Å². The topological polar surface area (TPSA) is 51.3 Å². The first-order valence-corrected chi connectivity index (χ1v) is 5.20. The fourth-order valence-corrected chi connectivity index (χ4v) is 2.21. The predicted molar refractivity (Wildman–Crippen MR) is 59.1 cm³/mol. The van der Waals surface area contributed by atoms with Gasteiger partial charge in [0.2, 0.25) is 0 Å². The first-order valence-electron chi connectivity index (χ1n) is 3.59. The van der Waals surface area contributed by atoms with Gasteiger partial charge in [0.15, 0.2) is 0 Å². The van der Waals surface area contributed by atoms with Crippen LogP contribution < -0.4 is 5.84 Å². The number of hydrazone groups is 1. The zero-order valence-electron chi connectivity index (χ0n) is 6.57. The van der Waals surface area contributed by atoms with Gasteiger partial charge in [0, 0.05) is 4.47 Å². The molecular formula is C8H6BrN3S. The van der Waals surface area contributed by atoms with Crippen LogP contribution in [0.15, 0.2) is 27.8 Å². The molecule has 0 atom stereocenters. The van der Waals surface area contributed by atoms with Gasteiger partial charge in [-0.25, -0.2) is 4.98 Å². The predicted octanol–water partition coefficient (Wildman–Crippen LogP) is 2.35. The third-order valence-corrected chi connectivity index (χ3v) is 3.02. The number of aromatic nitrogens is 1. The summed E-state index contributed by atoms with van der Waals surface area (Å²) in [5.41, 5.74) is 0.967. The minimum absolute atomic E-state index is 0.829. The number of hydrogen-bond donors (Lipinski definition) is 1. The van der Waals surface area contributed by atoms with Crippen molar-refractivity contribution in [3.8, 4) is 0 Å². The molecule has 1 heterocycles. The second-order valence-corrected chi connectivity index (χ2v) is 4.42. The molecule has 0 bridgehead atoms. The van der Waals surface area contributed by atoms with E-state index in [2.05, 4.69) is 26.0 Å². The summed E-state index contributed by atoms with van der Waals surface area (Å²) in [7, 11) is 0. The van der Waals surface area contributed by atoms with Crippen molar-refractivity contribution in [2.24, 2.45) is 10.9 Å². The number of halogens is 1. The molecule has 0 radical (unpaired) electrons. The molecule has 13 heavy (non-hydrogen) atoms. The van der Waals surface area contributed by atoms with Gasteiger partial charge in [-0.05, 0) is 18.2 Å². The summed E-state index contributed by atoms with van der Waals surface area (Å²) < 4.78 is 2.17. The molecule has 0 aliphatic carbocycles.